The highest BCUT2D eigenvalue weighted by Crippen LogP contribution is 2.28. The second-order valence-corrected chi connectivity index (χ2v) is 9.40. The van der Waals surface area contributed by atoms with Crippen LogP contribution in [0.1, 0.15) is 47.1 Å². The predicted molar refractivity (Wildman–Crippen MR) is 135 cm³/mol. The van der Waals surface area contributed by atoms with E-state index in [0.29, 0.717) is 36.1 Å². The van der Waals surface area contributed by atoms with Crippen LogP contribution in [0.2, 0.25) is 0 Å². The zero-order valence-corrected chi connectivity index (χ0v) is 21.3. The van der Waals surface area contributed by atoms with Crippen LogP contribution in [0.25, 0.3) is 5.69 Å². The van der Waals surface area contributed by atoms with Crippen molar-refractivity contribution in [2.75, 3.05) is 6.61 Å². The summed E-state index contributed by atoms with van der Waals surface area (Å²) in [7, 11) is 0. The summed E-state index contributed by atoms with van der Waals surface area (Å²) in [6, 6.07) is 13.5. The first-order chi connectivity index (χ1) is 18.2. The van der Waals surface area contributed by atoms with Gasteiger partial charge in [-0.3, -0.25) is 14.2 Å². The van der Waals surface area contributed by atoms with Gasteiger partial charge in [-0.1, -0.05) is 36.4 Å². The molecule has 0 saturated carbocycles. The van der Waals surface area contributed by atoms with E-state index in [1.807, 2.05) is 30.3 Å². The minimum Gasteiger partial charge on any atom is -0.481 e. The fourth-order valence-electron chi connectivity index (χ4n) is 4.30. The SMILES string of the molecule is Cc1ncn(-c2cc(F)ccc2CNC(=O)c2nc3n(c(=O)c2OCc2ccccc2)CCOC3(C)C)n1. The third kappa shape index (κ3) is 5.05. The highest BCUT2D eigenvalue weighted by atomic mass is 19.1. The molecule has 10 nitrogen and oxygen atoms in total. The molecule has 0 spiro atoms. The summed E-state index contributed by atoms with van der Waals surface area (Å²) >= 11 is 0. The number of benzene rings is 2. The fraction of sp³-hybridized carbons (Fsp3) is 0.296. The van der Waals surface area contributed by atoms with E-state index >= 15 is 0 Å². The van der Waals surface area contributed by atoms with Gasteiger partial charge in [0.05, 0.1) is 18.8 Å². The molecule has 0 bridgehead atoms. The number of nitrogens with zero attached hydrogens (tertiary/aromatic N) is 5. The van der Waals surface area contributed by atoms with Crippen LogP contribution in [0.3, 0.4) is 0 Å². The van der Waals surface area contributed by atoms with Crippen molar-refractivity contribution in [1.82, 2.24) is 29.6 Å². The van der Waals surface area contributed by atoms with Crippen molar-refractivity contribution in [3.8, 4) is 11.4 Å². The van der Waals surface area contributed by atoms with Gasteiger partial charge < -0.3 is 14.8 Å². The first-order valence-electron chi connectivity index (χ1n) is 12.1. The van der Waals surface area contributed by atoms with Gasteiger partial charge in [-0.05, 0) is 44.0 Å². The number of aromatic nitrogens is 5. The normalized spacial score (nSPS) is 14.1. The summed E-state index contributed by atoms with van der Waals surface area (Å²) < 4.78 is 28.7. The van der Waals surface area contributed by atoms with Gasteiger partial charge in [0.2, 0.25) is 5.75 Å². The first-order valence-corrected chi connectivity index (χ1v) is 12.1. The summed E-state index contributed by atoms with van der Waals surface area (Å²) in [5, 5.41) is 7.04. The second kappa shape index (κ2) is 10.2. The van der Waals surface area contributed by atoms with Crippen molar-refractivity contribution in [2.45, 2.75) is 46.1 Å². The van der Waals surface area contributed by atoms with E-state index in [-0.39, 0.29) is 24.6 Å². The molecule has 0 radical (unpaired) electrons. The number of hydrogen-bond donors (Lipinski definition) is 1. The third-order valence-electron chi connectivity index (χ3n) is 6.23. The van der Waals surface area contributed by atoms with E-state index < -0.39 is 22.9 Å². The third-order valence-corrected chi connectivity index (χ3v) is 6.23. The number of carbonyl (C=O) groups is 1. The lowest BCUT2D eigenvalue weighted by molar-refractivity contribution is -0.0567. The number of hydrogen-bond acceptors (Lipinski definition) is 7. The molecule has 0 aliphatic carbocycles. The van der Waals surface area contributed by atoms with E-state index in [4.69, 9.17) is 9.47 Å². The monoisotopic (exact) mass is 518 g/mol. The lowest BCUT2D eigenvalue weighted by atomic mass is 10.1. The molecular weight excluding hydrogens is 491 g/mol. The van der Waals surface area contributed by atoms with E-state index in [0.717, 1.165) is 5.56 Å². The Morgan fingerprint density at radius 3 is 2.74 bits per heavy atom. The molecule has 0 unspecified atom stereocenters. The summed E-state index contributed by atoms with van der Waals surface area (Å²) in [6.07, 6.45) is 1.47. The number of ether oxygens (including phenoxy) is 2. The van der Waals surface area contributed by atoms with Gasteiger partial charge >= 0.3 is 0 Å². The number of nitrogens with one attached hydrogen (secondary N) is 1. The number of amides is 1. The maximum absolute atomic E-state index is 14.0. The average molecular weight is 519 g/mol. The van der Waals surface area contributed by atoms with Crippen LogP contribution in [0, 0.1) is 12.7 Å². The van der Waals surface area contributed by atoms with Gasteiger partial charge in [0, 0.05) is 6.54 Å². The minimum atomic E-state index is -0.876. The highest BCUT2D eigenvalue weighted by Gasteiger charge is 2.35. The molecule has 0 fully saturated rings. The van der Waals surface area contributed by atoms with Crippen LogP contribution in [-0.2, 0) is 30.0 Å². The Balaban J connectivity index is 1.48. The molecule has 0 saturated heterocycles. The minimum absolute atomic E-state index is 0.0193. The largest absolute Gasteiger partial charge is 0.481 e. The Kier molecular flexibility index (Phi) is 6.77. The molecule has 1 aliphatic heterocycles. The van der Waals surface area contributed by atoms with E-state index in [1.165, 1.54) is 27.7 Å². The zero-order chi connectivity index (χ0) is 26.9. The number of aryl methyl sites for hydroxylation is 1. The van der Waals surface area contributed by atoms with Crippen LogP contribution in [-0.4, -0.2) is 36.8 Å². The maximum Gasteiger partial charge on any atom is 0.296 e. The van der Waals surface area contributed by atoms with Crippen LogP contribution >= 0.6 is 0 Å². The predicted octanol–water partition coefficient (Wildman–Crippen LogP) is 3.05. The summed E-state index contributed by atoms with van der Waals surface area (Å²) in [4.78, 5) is 35.6. The van der Waals surface area contributed by atoms with Crippen LogP contribution in [0.5, 0.6) is 5.75 Å². The quantitative estimate of drug-likeness (QED) is 0.400. The van der Waals surface area contributed by atoms with Gasteiger partial charge in [-0.15, -0.1) is 0 Å². The maximum atomic E-state index is 14.0. The van der Waals surface area contributed by atoms with E-state index in [9.17, 15) is 14.0 Å². The molecule has 2 aromatic carbocycles. The Hall–Kier alpha value is -4.38. The molecular formula is C27H27FN6O4. The van der Waals surface area contributed by atoms with Gasteiger partial charge in [0.1, 0.15) is 36.0 Å². The van der Waals surface area contributed by atoms with Crippen molar-refractivity contribution in [1.29, 1.82) is 0 Å². The molecule has 4 aromatic rings. The molecule has 2 aromatic heterocycles. The van der Waals surface area contributed by atoms with Gasteiger partial charge in [-0.2, -0.15) is 5.10 Å². The lowest BCUT2D eigenvalue weighted by Gasteiger charge is -2.32. The molecule has 1 N–H and O–H groups in total. The van der Waals surface area contributed by atoms with Crippen molar-refractivity contribution in [3.05, 3.63) is 99.5 Å². The van der Waals surface area contributed by atoms with Crippen LogP contribution in [0.4, 0.5) is 4.39 Å². The smallest absolute Gasteiger partial charge is 0.296 e. The standard InChI is InChI=1S/C27H27FN6O4/c1-17-30-16-34(32-17)21-13-20(28)10-9-19(21)14-29-24(35)22-23(37-15-18-7-5-4-6-8-18)25(36)33-11-12-38-27(2,3)26(33)31-22/h4-10,13,16H,11-12,14-15H2,1-3H3,(H,29,35). The Labute approximate surface area is 218 Å². The van der Waals surface area contributed by atoms with Gasteiger partial charge in [0.15, 0.2) is 5.69 Å². The topological polar surface area (TPSA) is 113 Å². The molecule has 38 heavy (non-hydrogen) atoms. The highest BCUT2D eigenvalue weighted by molar-refractivity contribution is 5.94. The van der Waals surface area contributed by atoms with Crippen molar-refractivity contribution < 1.29 is 18.7 Å². The van der Waals surface area contributed by atoms with Crippen molar-refractivity contribution in [3.63, 3.8) is 0 Å². The van der Waals surface area contributed by atoms with Crippen molar-refractivity contribution in [2.24, 2.45) is 0 Å². The molecule has 1 amide bonds. The molecule has 3 heterocycles. The fourth-order valence-corrected chi connectivity index (χ4v) is 4.30. The molecule has 196 valence electrons. The first kappa shape index (κ1) is 25.3. The van der Waals surface area contributed by atoms with Gasteiger partial charge in [-0.25, -0.2) is 19.0 Å². The number of rotatable bonds is 7. The number of fused-ring (bicyclic) bond motifs is 1. The molecule has 11 heteroatoms. The molecule has 5 rings (SSSR count). The van der Waals surface area contributed by atoms with Gasteiger partial charge in [0.25, 0.3) is 11.5 Å². The second-order valence-electron chi connectivity index (χ2n) is 9.40. The van der Waals surface area contributed by atoms with E-state index in [1.54, 1.807) is 26.8 Å². The average Bonchev–Trinajstić information content (AvgIpc) is 3.34. The number of carbonyl (C=O) groups excluding carboxylic acids is 1. The van der Waals surface area contributed by atoms with Crippen LogP contribution < -0.4 is 15.6 Å². The molecule has 0 atom stereocenters. The Morgan fingerprint density at radius 1 is 1.21 bits per heavy atom. The van der Waals surface area contributed by atoms with Crippen molar-refractivity contribution >= 4 is 5.91 Å². The van der Waals surface area contributed by atoms with E-state index in [2.05, 4.69) is 20.4 Å². The zero-order valence-electron chi connectivity index (χ0n) is 21.3. The summed E-state index contributed by atoms with van der Waals surface area (Å²) in [6.45, 7) is 6.05. The lowest BCUT2D eigenvalue weighted by Crippen LogP contribution is -2.43. The van der Waals surface area contributed by atoms with Crippen LogP contribution in [0.15, 0.2) is 59.7 Å². The number of halogens is 1. The molecule has 1 aliphatic rings. The summed E-state index contributed by atoms with van der Waals surface area (Å²) in [5.74, 6) is -0.343. The summed E-state index contributed by atoms with van der Waals surface area (Å²) in [5.41, 5.74) is 0.390. The Morgan fingerprint density at radius 2 is 2.00 bits per heavy atom. The Bertz CT molecular complexity index is 1550.